The Morgan fingerprint density at radius 3 is 2.62 bits per heavy atom. The summed E-state index contributed by atoms with van der Waals surface area (Å²) < 4.78 is 1.63. The summed E-state index contributed by atoms with van der Waals surface area (Å²) in [4.78, 5) is 9.54. The number of nitrogens with zero attached hydrogens (tertiary/aromatic N) is 4. The molecule has 0 radical (unpaired) electrons. The van der Waals surface area contributed by atoms with E-state index in [2.05, 4.69) is 50.9 Å². The van der Waals surface area contributed by atoms with Crippen LogP contribution >= 0.6 is 11.8 Å². The monoisotopic (exact) mass is 297 g/mol. The summed E-state index contributed by atoms with van der Waals surface area (Å²) in [6.07, 6.45) is 7.00. The Balaban J connectivity index is 1.62. The maximum Gasteiger partial charge on any atom is 0.155 e. The predicted octanol–water partition coefficient (Wildman–Crippen LogP) is 3.00. The average molecular weight is 297 g/mol. The Hall–Kier alpha value is -2.34. The van der Waals surface area contributed by atoms with E-state index in [1.165, 1.54) is 16.8 Å². The van der Waals surface area contributed by atoms with Crippen molar-refractivity contribution in [3.63, 3.8) is 0 Å². The molecule has 6 heteroatoms. The molecule has 0 fully saturated rings. The lowest BCUT2D eigenvalue weighted by Crippen LogP contribution is -2.02. The smallest absolute Gasteiger partial charge is 0.155 e. The predicted molar refractivity (Wildman–Crippen MR) is 84.7 cm³/mol. The van der Waals surface area contributed by atoms with Crippen LogP contribution in [0.5, 0.6) is 0 Å². The van der Waals surface area contributed by atoms with E-state index in [9.17, 15) is 0 Å². The van der Waals surface area contributed by atoms with Crippen LogP contribution in [-0.4, -0.2) is 26.0 Å². The van der Waals surface area contributed by atoms with Crippen LogP contribution in [0.3, 0.4) is 0 Å². The fourth-order valence-corrected chi connectivity index (χ4v) is 2.31. The third-order valence-electron chi connectivity index (χ3n) is 3.06. The highest BCUT2D eigenvalue weighted by atomic mass is 32.2. The molecule has 3 aromatic rings. The van der Waals surface area contributed by atoms with Crippen molar-refractivity contribution in [2.75, 3.05) is 11.6 Å². The molecule has 106 valence electrons. The van der Waals surface area contributed by atoms with Gasteiger partial charge in [-0.15, -0.1) is 11.8 Å². The van der Waals surface area contributed by atoms with Crippen LogP contribution in [0, 0.1) is 0 Å². The molecule has 1 aromatic carbocycles. The standard InChI is InChI=1S/C15H15N5S/c1-21-14-5-2-12(3-6-14)8-17-13-4-7-15(18-9-13)20-11-16-10-19-20/h2-7,9-11,17H,8H2,1H3. The molecule has 0 aliphatic heterocycles. The third kappa shape index (κ3) is 3.41. The summed E-state index contributed by atoms with van der Waals surface area (Å²) in [5.74, 6) is 0.752. The Bertz CT molecular complexity index is 677. The average Bonchev–Trinajstić information content (AvgIpc) is 3.08. The zero-order valence-corrected chi connectivity index (χ0v) is 12.4. The molecule has 0 aliphatic carbocycles. The summed E-state index contributed by atoms with van der Waals surface area (Å²) in [7, 11) is 0. The number of hydrogen-bond acceptors (Lipinski definition) is 5. The Morgan fingerprint density at radius 1 is 1.14 bits per heavy atom. The van der Waals surface area contributed by atoms with Crippen LogP contribution in [0.4, 0.5) is 5.69 Å². The minimum atomic E-state index is 0.752. The lowest BCUT2D eigenvalue weighted by atomic mass is 10.2. The summed E-state index contributed by atoms with van der Waals surface area (Å²) in [6, 6.07) is 12.4. The molecule has 0 atom stereocenters. The minimum absolute atomic E-state index is 0.752. The maximum atomic E-state index is 4.36. The van der Waals surface area contributed by atoms with E-state index in [1.54, 1.807) is 29.0 Å². The van der Waals surface area contributed by atoms with Crippen LogP contribution in [0.2, 0.25) is 0 Å². The van der Waals surface area contributed by atoms with Crippen molar-refractivity contribution < 1.29 is 0 Å². The molecule has 3 rings (SSSR count). The molecule has 0 amide bonds. The zero-order valence-electron chi connectivity index (χ0n) is 11.6. The first kappa shape index (κ1) is 13.6. The number of hydrogen-bond donors (Lipinski definition) is 1. The molecule has 0 bridgehead atoms. The molecular formula is C15H15N5S. The van der Waals surface area contributed by atoms with Crippen molar-refractivity contribution in [3.05, 3.63) is 60.8 Å². The van der Waals surface area contributed by atoms with E-state index in [1.807, 2.05) is 12.1 Å². The van der Waals surface area contributed by atoms with E-state index in [0.717, 1.165) is 18.1 Å². The minimum Gasteiger partial charge on any atom is -0.380 e. The molecule has 0 spiro atoms. The Kier molecular flexibility index (Phi) is 4.16. The Labute approximate surface area is 127 Å². The number of thioether (sulfide) groups is 1. The molecule has 0 unspecified atom stereocenters. The maximum absolute atomic E-state index is 4.36. The number of anilines is 1. The van der Waals surface area contributed by atoms with Crippen molar-refractivity contribution in [1.29, 1.82) is 0 Å². The van der Waals surface area contributed by atoms with Gasteiger partial charge in [0.25, 0.3) is 0 Å². The van der Waals surface area contributed by atoms with Gasteiger partial charge in [-0.3, -0.25) is 0 Å². The van der Waals surface area contributed by atoms with Gasteiger partial charge in [-0.1, -0.05) is 12.1 Å². The van der Waals surface area contributed by atoms with Gasteiger partial charge < -0.3 is 5.32 Å². The highest BCUT2D eigenvalue weighted by Gasteiger charge is 1.99. The van der Waals surface area contributed by atoms with Crippen molar-refractivity contribution in [3.8, 4) is 5.82 Å². The molecule has 0 saturated heterocycles. The van der Waals surface area contributed by atoms with Gasteiger partial charge in [0.2, 0.25) is 0 Å². The second kappa shape index (κ2) is 6.41. The number of rotatable bonds is 5. The molecule has 2 heterocycles. The van der Waals surface area contributed by atoms with Crippen molar-refractivity contribution in [2.45, 2.75) is 11.4 Å². The lowest BCUT2D eigenvalue weighted by Gasteiger charge is -2.07. The highest BCUT2D eigenvalue weighted by molar-refractivity contribution is 7.98. The van der Waals surface area contributed by atoms with Crippen LogP contribution in [0.15, 0.2) is 60.1 Å². The lowest BCUT2D eigenvalue weighted by molar-refractivity contribution is 0.845. The van der Waals surface area contributed by atoms with Crippen LogP contribution in [-0.2, 0) is 6.54 Å². The van der Waals surface area contributed by atoms with Gasteiger partial charge in [0.15, 0.2) is 5.82 Å². The number of benzene rings is 1. The van der Waals surface area contributed by atoms with Crippen molar-refractivity contribution in [2.24, 2.45) is 0 Å². The number of aromatic nitrogens is 4. The topological polar surface area (TPSA) is 55.6 Å². The first-order valence-corrected chi connectivity index (χ1v) is 7.75. The van der Waals surface area contributed by atoms with Crippen molar-refractivity contribution in [1.82, 2.24) is 19.7 Å². The van der Waals surface area contributed by atoms with E-state index in [-0.39, 0.29) is 0 Å². The van der Waals surface area contributed by atoms with Crippen LogP contribution in [0.25, 0.3) is 5.82 Å². The van der Waals surface area contributed by atoms with Gasteiger partial charge in [0.1, 0.15) is 12.7 Å². The van der Waals surface area contributed by atoms with Gasteiger partial charge >= 0.3 is 0 Å². The summed E-state index contributed by atoms with van der Waals surface area (Å²) in [6.45, 7) is 0.777. The summed E-state index contributed by atoms with van der Waals surface area (Å²) in [5.41, 5.74) is 2.22. The molecule has 5 nitrogen and oxygen atoms in total. The van der Waals surface area contributed by atoms with Gasteiger partial charge in [-0.25, -0.2) is 14.6 Å². The van der Waals surface area contributed by atoms with E-state index >= 15 is 0 Å². The van der Waals surface area contributed by atoms with Gasteiger partial charge in [0, 0.05) is 11.4 Å². The van der Waals surface area contributed by atoms with Gasteiger partial charge in [-0.2, -0.15) is 5.10 Å². The zero-order chi connectivity index (χ0) is 14.5. The normalized spacial score (nSPS) is 10.5. The van der Waals surface area contributed by atoms with Crippen LogP contribution in [0.1, 0.15) is 5.56 Å². The number of pyridine rings is 1. The summed E-state index contributed by atoms with van der Waals surface area (Å²) >= 11 is 1.75. The van der Waals surface area contributed by atoms with Gasteiger partial charge in [-0.05, 0) is 36.1 Å². The van der Waals surface area contributed by atoms with E-state index in [0.29, 0.717) is 0 Å². The first-order chi connectivity index (χ1) is 10.3. The molecule has 0 aliphatic rings. The van der Waals surface area contributed by atoms with E-state index in [4.69, 9.17) is 0 Å². The quantitative estimate of drug-likeness (QED) is 0.734. The second-order valence-electron chi connectivity index (χ2n) is 4.45. The fourth-order valence-electron chi connectivity index (χ4n) is 1.90. The third-order valence-corrected chi connectivity index (χ3v) is 3.80. The van der Waals surface area contributed by atoms with Gasteiger partial charge in [0.05, 0.1) is 11.9 Å². The largest absolute Gasteiger partial charge is 0.380 e. The molecule has 21 heavy (non-hydrogen) atoms. The van der Waals surface area contributed by atoms with Crippen molar-refractivity contribution >= 4 is 17.4 Å². The summed E-state index contributed by atoms with van der Waals surface area (Å²) in [5, 5.41) is 7.40. The molecular weight excluding hydrogens is 282 g/mol. The molecule has 1 N–H and O–H groups in total. The Morgan fingerprint density at radius 2 is 2.00 bits per heavy atom. The highest BCUT2D eigenvalue weighted by Crippen LogP contribution is 2.16. The molecule has 0 saturated carbocycles. The molecule has 2 aromatic heterocycles. The SMILES string of the molecule is CSc1ccc(CNc2ccc(-n3cncn3)nc2)cc1. The second-order valence-corrected chi connectivity index (χ2v) is 5.33. The number of nitrogens with one attached hydrogen (secondary N) is 1. The fraction of sp³-hybridized carbons (Fsp3) is 0.133. The van der Waals surface area contributed by atoms with E-state index < -0.39 is 0 Å². The van der Waals surface area contributed by atoms with Crippen LogP contribution < -0.4 is 5.32 Å². The first-order valence-electron chi connectivity index (χ1n) is 6.53.